The molecule has 2 N–H and O–H groups in total. The molecule has 2 aromatic rings. The Hall–Kier alpha value is -2.13. The van der Waals surface area contributed by atoms with Crippen molar-refractivity contribution in [3.05, 3.63) is 53.6 Å². The van der Waals surface area contributed by atoms with Crippen LogP contribution in [0.2, 0.25) is 0 Å². The van der Waals surface area contributed by atoms with Crippen molar-refractivity contribution in [1.82, 2.24) is 0 Å². The Bertz CT molecular complexity index is 658. The number of nitrogen functional groups attached to an aromatic ring is 1. The van der Waals surface area contributed by atoms with E-state index in [1.807, 2.05) is 6.07 Å². The Morgan fingerprint density at radius 2 is 1.70 bits per heavy atom. The lowest BCUT2D eigenvalue weighted by Gasteiger charge is -2.13. The van der Waals surface area contributed by atoms with Gasteiger partial charge in [0.2, 0.25) is 0 Å². The van der Waals surface area contributed by atoms with Crippen LogP contribution in [0.1, 0.15) is 11.1 Å². The van der Waals surface area contributed by atoms with Crippen molar-refractivity contribution < 1.29 is 13.2 Å². The number of hydrogen-bond donors (Lipinski definition) is 1. The van der Waals surface area contributed by atoms with Gasteiger partial charge in [-0.05, 0) is 42.5 Å². The molecule has 0 heterocycles. The van der Waals surface area contributed by atoms with Crippen LogP contribution in [0.15, 0.2) is 52.3 Å². The molecule has 0 saturated heterocycles. The van der Waals surface area contributed by atoms with E-state index >= 15 is 0 Å². The second-order valence-electron chi connectivity index (χ2n) is 3.99. The van der Waals surface area contributed by atoms with E-state index in [4.69, 9.17) is 11.0 Å². The molecule has 0 aliphatic carbocycles. The fourth-order valence-electron chi connectivity index (χ4n) is 1.58. The fraction of sp³-hybridized carbons (Fsp3) is 0.0714. The van der Waals surface area contributed by atoms with E-state index in [2.05, 4.69) is 0 Å². The van der Waals surface area contributed by atoms with Crippen molar-refractivity contribution in [2.75, 3.05) is 5.73 Å². The molecule has 20 heavy (non-hydrogen) atoms. The van der Waals surface area contributed by atoms with Crippen LogP contribution in [0, 0.1) is 11.3 Å². The largest absolute Gasteiger partial charge is 0.417 e. The summed E-state index contributed by atoms with van der Waals surface area (Å²) in [4.78, 5) is 0.704. The molecule has 0 bridgehead atoms. The maximum absolute atomic E-state index is 12.9. The van der Waals surface area contributed by atoms with E-state index in [-0.39, 0.29) is 10.6 Å². The predicted octanol–water partition coefficient (Wildman–Crippen LogP) is 4.31. The van der Waals surface area contributed by atoms with Gasteiger partial charge in [0.15, 0.2) is 0 Å². The maximum Gasteiger partial charge on any atom is 0.417 e. The summed E-state index contributed by atoms with van der Waals surface area (Å²) >= 11 is 0.984. The van der Waals surface area contributed by atoms with Gasteiger partial charge in [0.1, 0.15) is 0 Å². The number of nitriles is 1. The zero-order valence-corrected chi connectivity index (χ0v) is 10.9. The smallest absolute Gasteiger partial charge is 0.399 e. The first-order valence-electron chi connectivity index (χ1n) is 5.55. The Labute approximate surface area is 118 Å². The summed E-state index contributed by atoms with van der Waals surface area (Å²) in [6.07, 6.45) is -4.45. The molecule has 0 aliphatic rings. The zero-order valence-electron chi connectivity index (χ0n) is 10.1. The van der Waals surface area contributed by atoms with Gasteiger partial charge in [-0.1, -0.05) is 11.8 Å². The third-order valence-corrected chi connectivity index (χ3v) is 3.60. The molecule has 0 aromatic heterocycles. The van der Waals surface area contributed by atoms with Crippen molar-refractivity contribution in [3.8, 4) is 6.07 Å². The highest BCUT2D eigenvalue weighted by Crippen LogP contribution is 2.40. The molecule has 2 nitrogen and oxygen atoms in total. The highest BCUT2D eigenvalue weighted by atomic mass is 32.2. The third-order valence-electron chi connectivity index (χ3n) is 2.52. The monoisotopic (exact) mass is 294 g/mol. The molecule has 0 saturated carbocycles. The Morgan fingerprint density at radius 3 is 2.25 bits per heavy atom. The Morgan fingerprint density at radius 1 is 1.05 bits per heavy atom. The SMILES string of the molecule is N#Cc1ccc(Sc2ccc(N)cc2C(F)(F)F)cc1. The standard InChI is InChI=1S/C14H9F3N2S/c15-14(16,17)12-7-10(19)3-6-13(12)20-11-4-1-9(8-18)2-5-11/h1-7H,19H2. The first kappa shape index (κ1) is 14.3. The molecule has 6 heteroatoms. The topological polar surface area (TPSA) is 49.8 Å². The number of nitrogens with two attached hydrogens (primary N) is 1. The van der Waals surface area contributed by atoms with Crippen molar-refractivity contribution >= 4 is 17.4 Å². The number of hydrogen-bond acceptors (Lipinski definition) is 3. The Kier molecular flexibility index (Phi) is 3.91. The van der Waals surface area contributed by atoms with E-state index in [1.54, 1.807) is 24.3 Å². The Balaban J connectivity index is 2.35. The number of halogens is 3. The molecular weight excluding hydrogens is 285 g/mol. The van der Waals surface area contributed by atoms with Crippen LogP contribution in [0.25, 0.3) is 0 Å². The van der Waals surface area contributed by atoms with E-state index in [9.17, 15) is 13.2 Å². The molecule has 0 atom stereocenters. The van der Waals surface area contributed by atoms with E-state index in [1.165, 1.54) is 12.1 Å². The number of benzene rings is 2. The third kappa shape index (κ3) is 3.25. The van der Waals surface area contributed by atoms with Crippen molar-refractivity contribution in [1.29, 1.82) is 5.26 Å². The fourth-order valence-corrected chi connectivity index (χ4v) is 2.53. The molecule has 0 aliphatic heterocycles. The van der Waals surface area contributed by atoms with Gasteiger partial charge in [0.05, 0.1) is 17.2 Å². The molecule has 2 aromatic carbocycles. The summed E-state index contributed by atoms with van der Waals surface area (Å²) in [5, 5.41) is 8.68. The van der Waals surface area contributed by atoms with Gasteiger partial charge in [-0.2, -0.15) is 18.4 Å². The van der Waals surface area contributed by atoms with Crippen LogP contribution in [-0.2, 0) is 6.18 Å². The average Bonchev–Trinajstić information content (AvgIpc) is 2.40. The van der Waals surface area contributed by atoms with Gasteiger partial charge < -0.3 is 5.73 Å². The zero-order chi connectivity index (χ0) is 14.8. The van der Waals surface area contributed by atoms with Crippen molar-refractivity contribution in [2.24, 2.45) is 0 Å². The van der Waals surface area contributed by atoms with Crippen LogP contribution in [0.3, 0.4) is 0 Å². The molecule has 102 valence electrons. The summed E-state index contributed by atoms with van der Waals surface area (Å²) < 4.78 is 38.8. The summed E-state index contributed by atoms with van der Waals surface area (Å²) in [5.74, 6) is 0. The van der Waals surface area contributed by atoms with Gasteiger partial charge in [0.25, 0.3) is 0 Å². The van der Waals surface area contributed by atoms with Gasteiger partial charge in [-0.25, -0.2) is 0 Å². The van der Waals surface area contributed by atoms with Gasteiger partial charge in [0, 0.05) is 15.5 Å². The normalized spacial score (nSPS) is 11.1. The van der Waals surface area contributed by atoms with Crippen LogP contribution in [0.5, 0.6) is 0 Å². The molecule has 0 unspecified atom stereocenters. The summed E-state index contributed by atoms with van der Waals surface area (Å²) in [7, 11) is 0. The van der Waals surface area contributed by atoms with E-state index in [0.717, 1.165) is 17.8 Å². The molecule has 0 radical (unpaired) electrons. The summed E-state index contributed by atoms with van der Waals surface area (Å²) in [6.45, 7) is 0. The van der Waals surface area contributed by atoms with Crippen molar-refractivity contribution in [3.63, 3.8) is 0 Å². The summed E-state index contributed by atoms with van der Waals surface area (Å²) in [5.41, 5.74) is 5.18. The lowest BCUT2D eigenvalue weighted by atomic mass is 10.2. The van der Waals surface area contributed by atoms with Crippen LogP contribution >= 0.6 is 11.8 Å². The second-order valence-corrected chi connectivity index (χ2v) is 5.11. The molecule has 0 spiro atoms. The first-order valence-corrected chi connectivity index (χ1v) is 6.36. The maximum atomic E-state index is 12.9. The van der Waals surface area contributed by atoms with Gasteiger partial charge in [-0.3, -0.25) is 0 Å². The lowest BCUT2D eigenvalue weighted by Crippen LogP contribution is -2.07. The van der Waals surface area contributed by atoms with Crippen LogP contribution in [-0.4, -0.2) is 0 Å². The molecular formula is C14H9F3N2S. The van der Waals surface area contributed by atoms with Gasteiger partial charge in [-0.15, -0.1) is 0 Å². The highest BCUT2D eigenvalue weighted by molar-refractivity contribution is 7.99. The highest BCUT2D eigenvalue weighted by Gasteiger charge is 2.33. The number of alkyl halides is 3. The number of anilines is 1. The van der Waals surface area contributed by atoms with Gasteiger partial charge >= 0.3 is 6.18 Å². The summed E-state index contributed by atoms with van der Waals surface area (Å²) in [6, 6.07) is 12.0. The first-order chi connectivity index (χ1) is 9.40. The molecule has 0 fully saturated rings. The second kappa shape index (κ2) is 5.47. The van der Waals surface area contributed by atoms with E-state index in [0.29, 0.717) is 10.5 Å². The number of rotatable bonds is 2. The minimum Gasteiger partial charge on any atom is -0.399 e. The minimum atomic E-state index is -4.45. The predicted molar refractivity (Wildman–Crippen MR) is 71.1 cm³/mol. The van der Waals surface area contributed by atoms with E-state index < -0.39 is 11.7 Å². The lowest BCUT2D eigenvalue weighted by molar-refractivity contribution is -0.139. The minimum absolute atomic E-state index is 0.0708. The average molecular weight is 294 g/mol. The van der Waals surface area contributed by atoms with Crippen molar-refractivity contribution in [2.45, 2.75) is 16.0 Å². The quantitative estimate of drug-likeness (QED) is 0.840. The molecule has 0 amide bonds. The number of nitrogens with zero attached hydrogens (tertiary/aromatic N) is 1. The van der Waals surface area contributed by atoms with Crippen LogP contribution in [0.4, 0.5) is 18.9 Å². The molecule has 2 rings (SSSR count). The van der Waals surface area contributed by atoms with Crippen LogP contribution < -0.4 is 5.73 Å².